The third-order valence-corrected chi connectivity index (χ3v) is 3.91. The minimum atomic E-state index is -0.700. The van der Waals surface area contributed by atoms with Gasteiger partial charge < -0.3 is 5.11 Å². The second-order valence-electron chi connectivity index (χ2n) is 5.32. The maximum Gasteiger partial charge on any atom is 0.303 e. The van der Waals surface area contributed by atoms with Crippen LogP contribution in [0.4, 0.5) is 0 Å². The Balaban J connectivity index is 1.86. The molecule has 98 valence electrons. The lowest BCUT2D eigenvalue weighted by atomic mass is 9.84. The molecule has 18 heavy (non-hydrogen) atoms. The second kappa shape index (κ2) is 6.58. The Hall–Kier alpha value is -1.31. The number of hydrogen-bond acceptors (Lipinski definition) is 1. The number of hydrogen-bond donors (Lipinski definition) is 1. The summed E-state index contributed by atoms with van der Waals surface area (Å²) in [6, 6.07) is 8.83. The first-order valence-corrected chi connectivity index (χ1v) is 7.06. The summed E-state index contributed by atoms with van der Waals surface area (Å²) in [4.78, 5) is 10.5. The Morgan fingerprint density at radius 3 is 2.39 bits per heavy atom. The molecule has 0 amide bonds. The highest BCUT2D eigenvalue weighted by molar-refractivity contribution is 5.66. The fourth-order valence-electron chi connectivity index (χ4n) is 2.84. The van der Waals surface area contributed by atoms with Gasteiger partial charge in [0, 0.05) is 6.42 Å². The van der Waals surface area contributed by atoms with E-state index in [2.05, 4.69) is 24.3 Å². The van der Waals surface area contributed by atoms with E-state index in [1.807, 2.05) is 0 Å². The Morgan fingerprint density at radius 2 is 1.78 bits per heavy atom. The van der Waals surface area contributed by atoms with Crippen LogP contribution in [0, 0.1) is 0 Å². The lowest BCUT2D eigenvalue weighted by Gasteiger charge is -2.22. The molecule has 1 aromatic rings. The summed E-state index contributed by atoms with van der Waals surface area (Å²) >= 11 is 0. The van der Waals surface area contributed by atoms with Gasteiger partial charge >= 0.3 is 5.97 Å². The van der Waals surface area contributed by atoms with E-state index in [9.17, 15) is 4.79 Å². The van der Waals surface area contributed by atoms with Crippen molar-refractivity contribution in [1.82, 2.24) is 0 Å². The van der Waals surface area contributed by atoms with Crippen molar-refractivity contribution in [2.24, 2.45) is 0 Å². The van der Waals surface area contributed by atoms with Crippen LogP contribution in [0.25, 0.3) is 0 Å². The van der Waals surface area contributed by atoms with Crippen LogP contribution < -0.4 is 0 Å². The Kier molecular flexibility index (Phi) is 4.80. The van der Waals surface area contributed by atoms with Crippen LogP contribution in [0.2, 0.25) is 0 Å². The van der Waals surface area contributed by atoms with Gasteiger partial charge in [-0.05, 0) is 42.7 Å². The Morgan fingerprint density at radius 1 is 1.11 bits per heavy atom. The highest BCUT2D eigenvalue weighted by Crippen LogP contribution is 2.32. The van der Waals surface area contributed by atoms with E-state index in [1.54, 1.807) is 0 Å². The fraction of sp³-hybridized carbons (Fsp3) is 0.562. The van der Waals surface area contributed by atoms with Gasteiger partial charge in [0.25, 0.3) is 0 Å². The number of carboxylic acids is 1. The van der Waals surface area contributed by atoms with Crippen LogP contribution in [-0.2, 0) is 11.2 Å². The number of carboxylic acid groups (broad SMARTS) is 1. The summed E-state index contributed by atoms with van der Waals surface area (Å²) in [5.41, 5.74) is 2.73. The summed E-state index contributed by atoms with van der Waals surface area (Å²) in [6.45, 7) is 0. The topological polar surface area (TPSA) is 37.3 Å². The Labute approximate surface area is 109 Å². The largest absolute Gasteiger partial charge is 0.481 e. The van der Waals surface area contributed by atoms with Crippen LogP contribution in [0.15, 0.2) is 24.3 Å². The minimum absolute atomic E-state index is 0.268. The average molecular weight is 246 g/mol. The number of carbonyl (C=O) groups is 1. The number of aliphatic carboxylic acids is 1. The molecular formula is C16H22O2. The molecule has 1 aliphatic rings. The van der Waals surface area contributed by atoms with Gasteiger partial charge in [-0.1, -0.05) is 43.5 Å². The highest BCUT2D eigenvalue weighted by Gasteiger charge is 2.14. The summed E-state index contributed by atoms with van der Waals surface area (Å²) in [6.07, 6.45) is 8.66. The molecular weight excluding hydrogens is 224 g/mol. The second-order valence-corrected chi connectivity index (χ2v) is 5.32. The quantitative estimate of drug-likeness (QED) is 0.847. The Bertz CT molecular complexity index is 375. The normalized spacial score (nSPS) is 16.7. The van der Waals surface area contributed by atoms with Crippen molar-refractivity contribution in [1.29, 1.82) is 0 Å². The zero-order chi connectivity index (χ0) is 12.8. The summed E-state index contributed by atoms with van der Waals surface area (Å²) in [5.74, 6) is 0.0562. The summed E-state index contributed by atoms with van der Waals surface area (Å²) in [7, 11) is 0. The number of rotatable bonds is 5. The maximum absolute atomic E-state index is 10.5. The van der Waals surface area contributed by atoms with Crippen molar-refractivity contribution >= 4 is 5.97 Å². The molecule has 0 aromatic heterocycles. The van der Waals surface area contributed by atoms with E-state index in [4.69, 9.17) is 5.11 Å². The molecule has 1 aromatic carbocycles. The van der Waals surface area contributed by atoms with Gasteiger partial charge in [0.05, 0.1) is 0 Å². The van der Waals surface area contributed by atoms with Gasteiger partial charge in [0.15, 0.2) is 0 Å². The lowest BCUT2D eigenvalue weighted by Crippen LogP contribution is -2.04. The lowest BCUT2D eigenvalue weighted by molar-refractivity contribution is -0.137. The predicted molar refractivity (Wildman–Crippen MR) is 72.8 cm³/mol. The molecule has 0 aliphatic heterocycles. The molecule has 0 heterocycles. The van der Waals surface area contributed by atoms with Crippen molar-refractivity contribution in [3.63, 3.8) is 0 Å². The monoisotopic (exact) mass is 246 g/mol. The molecule has 1 aliphatic carbocycles. The molecule has 0 spiro atoms. The first kappa shape index (κ1) is 13.1. The molecule has 2 nitrogen and oxygen atoms in total. The summed E-state index contributed by atoms with van der Waals surface area (Å²) in [5, 5.41) is 8.61. The standard InChI is InChI=1S/C16H22O2/c17-16(18)8-4-5-13-9-11-15(12-10-13)14-6-2-1-3-7-14/h9-12,14H,1-8H2,(H,17,18). The van der Waals surface area contributed by atoms with E-state index < -0.39 is 5.97 Å². The van der Waals surface area contributed by atoms with E-state index in [0.717, 1.165) is 18.8 Å². The van der Waals surface area contributed by atoms with Crippen molar-refractivity contribution in [3.8, 4) is 0 Å². The first-order chi connectivity index (χ1) is 8.75. The van der Waals surface area contributed by atoms with E-state index in [0.29, 0.717) is 0 Å². The van der Waals surface area contributed by atoms with E-state index >= 15 is 0 Å². The zero-order valence-corrected chi connectivity index (χ0v) is 10.9. The van der Waals surface area contributed by atoms with Gasteiger partial charge in [-0.3, -0.25) is 4.79 Å². The molecule has 1 saturated carbocycles. The van der Waals surface area contributed by atoms with Gasteiger partial charge in [0.1, 0.15) is 0 Å². The fourth-order valence-corrected chi connectivity index (χ4v) is 2.84. The molecule has 2 rings (SSSR count). The predicted octanol–water partition coefficient (Wildman–Crippen LogP) is 4.14. The number of benzene rings is 1. The molecule has 0 unspecified atom stereocenters. The maximum atomic E-state index is 10.5. The highest BCUT2D eigenvalue weighted by atomic mass is 16.4. The molecule has 2 heteroatoms. The molecule has 0 saturated heterocycles. The molecule has 0 atom stereocenters. The minimum Gasteiger partial charge on any atom is -0.481 e. The van der Waals surface area contributed by atoms with Crippen molar-refractivity contribution in [3.05, 3.63) is 35.4 Å². The SMILES string of the molecule is O=C(O)CCCc1ccc(C2CCCCC2)cc1. The van der Waals surface area contributed by atoms with Crippen molar-refractivity contribution < 1.29 is 9.90 Å². The molecule has 0 bridgehead atoms. The van der Waals surface area contributed by atoms with Crippen LogP contribution in [0.1, 0.15) is 62.0 Å². The van der Waals surface area contributed by atoms with Gasteiger partial charge in [-0.15, -0.1) is 0 Å². The molecule has 0 radical (unpaired) electrons. The van der Waals surface area contributed by atoms with Crippen molar-refractivity contribution in [2.75, 3.05) is 0 Å². The summed E-state index contributed by atoms with van der Waals surface area (Å²) < 4.78 is 0. The van der Waals surface area contributed by atoms with Crippen LogP contribution in [0.3, 0.4) is 0 Å². The van der Waals surface area contributed by atoms with Gasteiger partial charge in [0.2, 0.25) is 0 Å². The van der Waals surface area contributed by atoms with Crippen LogP contribution >= 0.6 is 0 Å². The van der Waals surface area contributed by atoms with Gasteiger partial charge in [-0.2, -0.15) is 0 Å². The third-order valence-electron chi connectivity index (χ3n) is 3.91. The smallest absolute Gasteiger partial charge is 0.303 e. The first-order valence-electron chi connectivity index (χ1n) is 7.06. The third kappa shape index (κ3) is 3.86. The van der Waals surface area contributed by atoms with Crippen LogP contribution in [-0.4, -0.2) is 11.1 Å². The van der Waals surface area contributed by atoms with Crippen LogP contribution in [0.5, 0.6) is 0 Å². The zero-order valence-electron chi connectivity index (χ0n) is 10.9. The van der Waals surface area contributed by atoms with E-state index in [-0.39, 0.29) is 6.42 Å². The number of aryl methyl sites for hydroxylation is 1. The average Bonchev–Trinajstić information content (AvgIpc) is 2.40. The molecule has 1 fully saturated rings. The van der Waals surface area contributed by atoms with E-state index in [1.165, 1.54) is 43.2 Å². The van der Waals surface area contributed by atoms with Crippen molar-refractivity contribution in [2.45, 2.75) is 57.3 Å². The van der Waals surface area contributed by atoms with Gasteiger partial charge in [-0.25, -0.2) is 0 Å². The molecule has 1 N–H and O–H groups in total.